The first-order chi connectivity index (χ1) is 13.7. The van der Waals surface area contributed by atoms with Crippen LogP contribution in [0.4, 0.5) is 0 Å². The number of halogens is 1. The molecule has 3 aromatic rings. The first kappa shape index (κ1) is 17.8. The van der Waals surface area contributed by atoms with E-state index < -0.39 is 0 Å². The Morgan fingerprint density at radius 3 is 2.57 bits per heavy atom. The minimum atomic E-state index is -0.0267. The van der Waals surface area contributed by atoms with Crippen LogP contribution >= 0.6 is 11.6 Å². The van der Waals surface area contributed by atoms with Crippen LogP contribution in [-0.4, -0.2) is 17.7 Å². The topological polar surface area (TPSA) is 42.7 Å². The van der Waals surface area contributed by atoms with Gasteiger partial charge >= 0.3 is 0 Å². The quantitative estimate of drug-likeness (QED) is 0.566. The molecule has 1 saturated carbocycles. The molecule has 0 N–H and O–H groups in total. The van der Waals surface area contributed by atoms with Gasteiger partial charge in [0.2, 0.25) is 5.43 Å². The first-order valence-corrected chi connectivity index (χ1v) is 10.3. The van der Waals surface area contributed by atoms with Crippen molar-refractivity contribution in [1.82, 2.24) is 4.90 Å². The zero-order chi connectivity index (χ0) is 19.1. The maximum absolute atomic E-state index is 13.1. The molecule has 28 heavy (non-hydrogen) atoms. The second-order valence-electron chi connectivity index (χ2n) is 7.72. The van der Waals surface area contributed by atoms with Crippen molar-refractivity contribution in [1.29, 1.82) is 0 Å². The zero-order valence-electron chi connectivity index (χ0n) is 15.6. The Hall–Kier alpha value is -2.30. The van der Waals surface area contributed by atoms with Crippen molar-refractivity contribution in [2.45, 2.75) is 44.7 Å². The Labute approximate surface area is 168 Å². The van der Waals surface area contributed by atoms with E-state index in [2.05, 4.69) is 4.90 Å². The van der Waals surface area contributed by atoms with Crippen LogP contribution < -0.4 is 10.2 Å². The smallest absolute Gasteiger partial charge is 0.200 e. The van der Waals surface area contributed by atoms with Gasteiger partial charge in [-0.05, 0) is 42.7 Å². The zero-order valence-corrected chi connectivity index (χ0v) is 16.4. The van der Waals surface area contributed by atoms with E-state index in [-0.39, 0.29) is 5.43 Å². The molecule has 2 heterocycles. The lowest BCUT2D eigenvalue weighted by molar-refractivity contribution is 0.0406. The summed E-state index contributed by atoms with van der Waals surface area (Å²) in [6.45, 7) is 1.37. The molecule has 5 heteroatoms. The molecular formula is C23H22ClNO3. The van der Waals surface area contributed by atoms with Gasteiger partial charge < -0.3 is 9.15 Å². The Morgan fingerprint density at radius 1 is 1.00 bits per heavy atom. The monoisotopic (exact) mass is 395 g/mol. The summed E-state index contributed by atoms with van der Waals surface area (Å²) >= 11 is 5.97. The van der Waals surface area contributed by atoms with Crippen LogP contribution in [0, 0.1) is 0 Å². The number of benzene rings is 2. The summed E-state index contributed by atoms with van der Waals surface area (Å²) in [5.41, 5.74) is 2.94. The lowest BCUT2D eigenvalue weighted by Crippen LogP contribution is -2.41. The highest BCUT2D eigenvalue weighted by Gasteiger charge is 2.28. The highest BCUT2D eigenvalue weighted by molar-refractivity contribution is 6.30. The van der Waals surface area contributed by atoms with Crippen LogP contribution in [0.5, 0.6) is 5.75 Å². The van der Waals surface area contributed by atoms with Gasteiger partial charge in [0.1, 0.15) is 24.3 Å². The number of hydrogen-bond donors (Lipinski definition) is 0. The van der Waals surface area contributed by atoms with Gasteiger partial charge in [0.15, 0.2) is 0 Å². The highest BCUT2D eigenvalue weighted by atomic mass is 35.5. The normalized spacial score (nSPS) is 18.0. The summed E-state index contributed by atoms with van der Waals surface area (Å²) in [4.78, 5) is 15.5. The summed E-state index contributed by atoms with van der Waals surface area (Å²) in [6, 6.07) is 11.5. The molecule has 0 bridgehead atoms. The number of fused-ring (bicyclic) bond motifs is 3. The van der Waals surface area contributed by atoms with Crippen molar-refractivity contribution in [3.8, 4) is 16.9 Å². The van der Waals surface area contributed by atoms with Gasteiger partial charge in [-0.2, -0.15) is 0 Å². The van der Waals surface area contributed by atoms with E-state index in [0.717, 1.165) is 23.4 Å². The van der Waals surface area contributed by atoms with Crippen molar-refractivity contribution in [2.75, 3.05) is 6.73 Å². The predicted octanol–water partition coefficient (Wildman–Crippen LogP) is 5.60. The van der Waals surface area contributed by atoms with E-state index in [1.165, 1.54) is 32.1 Å². The third-order valence-corrected chi connectivity index (χ3v) is 6.25. The van der Waals surface area contributed by atoms with Gasteiger partial charge in [0, 0.05) is 17.6 Å². The molecule has 1 aliphatic carbocycles. The fourth-order valence-electron chi connectivity index (χ4n) is 4.44. The third-order valence-electron chi connectivity index (χ3n) is 5.99. The molecule has 2 aromatic carbocycles. The third kappa shape index (κ3) is 3.11. The predicted molar refractivity (Wildman–Crippen MR) is 111 cm³/mol. The minimum absolute atomic E-state index is 0.0267. The molecule has 0 saturated heterocycles. The van der Waals surface area contributed by atoms with Gasteiger partial charge in [-0.15, -0.1) is 0 Å². The fraction of sp³-hybridized carbons (Fsp3) is 0.348. The molecule has 0 amide bonds. The molecule has 1 fully saturated rings. The second-order valence-corrected chi connectivity index (χ2v) is 8.15. The molecule has 0 spiro atoms. The number of nitrogens with zero attached hydrogens (tertiary/aromatic N) is 1. The molecule has 1 aliphatic heterocycles. The molecule has 2 aliphatic rings. The fourth-order valence-corrected chi connectivity index (χ4v) is 4.56. The van der Waals surface area contributed by atoms with Crippen molar-refractivity contribution in [3.63, 3.8) is 0 Å². The van der Waals surface area contributed by atoms with Gasteiger partial charge in [-0.1, -0.05) is 43.0 Å². The highest BCUT2D eigenvalue weighted by Crippen LogP contribution is 2.35. The van der Waals surface area contributed by atoms with Crippen LogP contribution in [0.1, 0.15) is 37.7 Å². The van der Waals surface area contributed by atoms with Gasteiger partial charge in [-0.3, -0.25) is 9.69 Å². The van der Waals surface area contributed by atoms with Crippen LogP contribution in [0.15, 0.2) is 51.9 Å². The molecular weight excluding hydrogens is 374 g/mol. The van der Waals surface area contributed by atoms with E-state index >= 15 is 0 Å². The number of rotatable bonds is 2. The standard InChI is InChI=1S/C23H22ClNO3/c24-16-8-6-15(7-9-16)20-13-27-23-18(22(20)26)10-11-21-19(23)12-25(14-28-21)17-4-2-1-3-5-17/h6-11,13,17H,1-5,12,14H2. The SMILES string of the molecule is O=c1c(-c2ccc(Cl)cc2)coc2c3c(ccc12)OCN(C1CCCCC1)C3. The summed E-state index contributed by atoms with van der Waals surface area (Å²) in [6.07, 6.45) is 7.88. The Balaban J connectivity index is 1.55. The molecule has 0 atom stereocenters. The Kier molecular flexibility index (Phi) is 4.61. The van der Waals surface area contributed by atoms with E-state index in [0.29, 0.717) is 34.3 Å². The largest absolute Gasteiger partial charge is 0.478 e. The maximum Gasteiger partial charge on any atom is 0.200 e. The number of ether oxygens (including phenoxy) is 1. The van der Waals surface area contributed by atoms with E-state index in [9.17, 15) is 4.79 Å². The summed E-state index contributed by atoms with van der Waals surface area (Å²) in [5, 5.41) is 1.24. The van der Waals surface area contributed by atoms with Gasteiger partial charge in [-0.25, -0.2) is 0 Å². The van der Waals surface area contributed by atoms with Gasteiger partial charge in [0.05, 0.1) is 16.5 Å². The Morgan fingerprint density at radius 2 is 1.79 bits per heavy atom. The van der Waals surface area contributed by atoms with Crippen LogP contribution in [-0.2, 0) is 6.54 Å². The molecule has 0 unspecified atom stereocenters. The molecule has 4 nitrogen and oxygen atoms in total. The molecule has 1 aromatic heterocycles. The van der Waals surface area contributed by atoms with E-state index in [1.807, 2.05) is 24.3 Å². The lowest BCUT2D eigenvalue weighted by atomic mass is 9.93. The molecule has 144 valence electrons. The summed E-state index contributed by atoms with van der Waals surface area (Å²) in [5.74, 6) is 0.821. The molecule has 0 radical (unpaired) electrons. The second kappa shape index (κ2) is 7.26. The van der Waals surface area contributed by atoms with Crippen molar-refractivity contribution in [3.05, 3.63) is 63.5 Å². The maximum atomic E-state index is 13.1. The van der Waals surface area contributed by atoms with Crippen molar-refractivity contribution < 1.29 is 9.15 Å². The van der Waals surface area contributed by atoms with Gasteiger partial charge in [0.25, 0.3) is 0 Å². The van der Waals surface area contributed by atoms with Crippen LogP contribution in [0.25, 0.3) is 22.1 Å². The Bertz CT molecular complexity index is 1070. The molecule has 5 rings (SSSR count). The number of hydrogen-bond acceptors (Lipinski definition) is 4. The average Bonchev–Trinajstić information content (AvgIpc) is 2.75. The van der Waals surface area contributed by atoms with Crippen LogP contribution in [0.3, 0.4) is 0 Å². The minimum Gasteiger partial charge on any atom is -0.478 e. The van der Waals surface area contributed by atoms with Crippen molar-refractivity contribution in [2.24, 2.45) is 0 Å². The summed E-state index contributed by atoms with van der Waals surface area (Å²) < 4.78 is 12.0. The lowest BCUT2D eigenvalue weighted by Gasteiger charge is -2.37. The van der Waals surface area contributed by atoms with E-state index in [4.69, 9.17) is 20.8 Å². The average molecular weight is 396 g/mol. The van der Waals surface area contributed by atoms with Crippen LogP contribution in [0.2, 0.25) is 5.02 Å². The first-order valence-electron chi connectivity index (χ1n) is 9.91. The summed E-state index contributed by atoms with van der Waals surface area (Å²) in [7, 11) is 0. The van der Waals surface area contributed by atoms with E-state index in [1.54, 1.807) is 18.4 Å². The van der Waals surface area contributed by atoms with Crippen molar-refractivity contribution >= 4 is 22.6 Å².